The molecule has 1 atom stereocenters. The summed E-state index contributed by atoms with van der Waals surface area (Å²) < 4.78 is 6.30. The van der Waals surface area contributed by atoms with Crippen LogP contribution in [0.15, 0.2) is 34.7 Å². The Kier molecular flexibility index (Phi) is 3.80. The maximum Gasteiger partial charge on any atom is 0.134 e. The quantitative estimate of drug-likeness (QED) is 0.942. The SMILES string of the molecule is CC1(C)CN(C(CN)c2cc3ccccc3o2)CCS1. The first-order valence-corrected chi connectivity index (χ1v) is 8.14. The van der Waals surface area contributed by atoms with Crippen molar-refractivity contribution in [1.29, 1.82) is 0 Å². The summed E-state index contributed by atoms with van der Waals surface area (Å²) in [6, 6.07) is 10.5. The lowest BCUT2D eigenvalue weighted by Gasteiger charge is -2.40. The van der Waals surface area contributed by atoms with Gasteiger partial charge < -0.3 is 10.2 Å². The predicted molar refractivity (Wildman–Crippen MR) is 86.1 cm³/mol. The zero-order valence-corrected chi connectivity index (χ0v) is 13.0. The molecule has 1 aliphatic rings. The molecule has 3 rings (SSSR count). The minimum Gasteiger partial charge on any atom is -0.459 e. The average Bonchev–Trinajstić information content (AvgIpc) is 2.81. The van der Waals surface area contributed by atoms with E-state index in [2.05, 4.69) is 30.9 Å². The van der Waals surface area contributed by atoms with E-state index in [9.17, 15) is 0 Å². The first-order chi connectivity index (χ1) is 9.59. The van der Waals surface area contributed by atoms with Crippen LogP contribution >= 0.6 is 11.8 Å². The van der Waals surface area contributed by atoms with Crippen LogP contribution in [0.4, 0.5) is 0 Å². The number of thioether (sulfide) groups is 1. The first-order valence-electron chi connectivity index (χ1n) is 7.16. The van der Waals surface area contributed by atoms with Crippen molar-refractivity contribution in [2.75, 3.05) is 25.4 Å². The molecule has 1 unspecified atom stereocenters. The Morgan fingerprint density at radius 3 is 2.90 bits per heavy atom. The highest BCUT2D eigenvalue weighted by atomic mass is 32.2. The van der Waals surface area contributed by atoms with Gasteiger partial charge in [-0.1, -0.05) is 18.2 Å². The summed E-state index contributed by atoms with van der Waals surface area (Å²) >= 11 is 2.04. The van der Waals surface area contributed by atoms with Gasteiger partial charge in [0.15, 0.2) is 0 Å². The maximum atomic E-state index is 6.04. The third kappa shape index (κ3) is 2.73. The van der Waals surface area contributed by atoms with Crippen molar-refractivity contribution in [3.8, 4) is 0 Å². The molecule has 0 bridgehead atoms. The fourth-order valence-electron chi connectivity index (χ4n) is 2.93. The molecule has 2 aromatic rings. The van der Waals surface area contributed by atoms with Gasteiger partial charge in [0.05, 0.1) is 6.04 Å². The molecule has 3 nitrogen and oxygen atoms in total. The van der Waals surface area contributed by atoms with Crippen molar-refractivity contribution >= 4 is 22.7 Å². The molecular formula is C16H22N2OS. The molecule has 2 N–H and O–H groups in total. The molecule has 1 fully saturated rings. The van der Waals surface area contributed by atoms with Crippen LogP contribution in [-0.2, 0) is 0 Å². The van der Waals surface area contributed by atoms with Gasteiger partial charge in [-0.15, -0.1) is 0 Å². The van der Waals surface area contributed by atoms with Gasteiger partial charge in [0.1, 0.15) is 11.3 Å². The van der Waals surface area contributed by atoms with E-state index in [1.165, 1.54) is 0 Å². The molecule has 0 aliphatic carbocycles. The van der Waals surface area contributed by atoms with Crippen molar-refractivity contribution in [3.05, 3.63) is 36.1 Å². The van der Waals surface area contributed by atoms with E-state index in [0.717, 1.165) is 35.6 Å². The number of benzene rings is 1. The van der Waals surface area contributed by atoms with Gasteiger partial charge in [-0.25, -0.2) is 0 Å². The molecule has 20 heavy (non-hydrogen) atoms. The van der Waals surface area contributed by atoms with E-state index < -0.39 is 0 Å². The largest absolute Gasteiger partial charge is 0.459 e. The molecular weight excluding hydrogens is 268 g/mol. The third-order valence-electron chi connectivity index (χ3n) is 3.89. The number of furan rings is 1. The highest BCUT2D eigenvalue weighted by Gasteiger charge is 2.32. The van der Waals surface area contributed by atoms with E-state index in [1.54, 1.807) is 0 Å². The molecule has 0 saturated carbocycles. The summed E-state index contributed by atoms with van der Waals surface area (Å²) in [6.07, 6.45) is 0. The summed E-state index contributed by atoms with van der Waals surface area (Å²) in [4.78, 5) is 2.47. The van der Waals surface area contributed by atoms with Crippen LogP contribution in [0.3, 0.4) is 0 Å². The summed E-state index contributed by atoms with van der Waals surface area (Å²) in [5, 5.41) is 1.16. The van der Waals surface area contributed by atoms with Crippen LogP contribution in [0, 0.1) is 0 Å². The summed E-state index contributed by atoms with van der Waals surface area (Å²) in [7, 11) is 0. The number of hydrogen-bond donors (Lipinski definition) is 1. The van der Waals surface area contributed by atoms with Crippen LogP contribution in [0.2, 0.25) is 0 Å². The molecule has 1 saturated heterocycles. The molecule has 0 spiro atoms. The van der Waals surface area contributed by atoms with Gasteiger partial charge in [-0.05, 0) is 26.0 Å². The molecule has 0 amide bonds. The number of nitrogens with two attached hydrogens (primary N) is 1. The van der Waals surface area contributed by atoms with Crippen LogP contribution in [0.1, 0.15) is 25.6 Å². The van der Waals surface area contributed by atoms with E-state index in [1.807, 2.05) is 30.0 Å². The monoisotopic (exact) mass is 290 g/mol. The predicted octanol–water partition coefficient (Wildman–Crippen LogP) is 3.26. The van der Waals surface area contributed by atoms with Gasteiger partial charge in [-0.3, -0.25) is 4.90 Å². The number of rotatable bonds is 3. The van der Waals surface area contributed by atoms with Gasteiger partial charge in [0.25, 0.3) is 0 Å². The second-order valence-corrected chi connectivity index (χ2v) is 7.82. The second kappa shape index (κ2) is 5.43. The van der Waals surface area contributed by atoms with E-state index >= 15 is 0 Å². The Balaban J connectivity index is 1.89. The fourth-order valence-corrected chi connectivity index (χ4v) is 4.07. The number of para-hydroxylation sites is 1. The van der Waals surface area contributed by atoms with E-state index in [-0.39, 0.29) is 10.8 Å². The molecule has 1 aliphatic heterocycles. The highest BCUT2D eigenvalue weighted by molar-refractivity contribution is 8.00. The number of hydrogen-bond acceptors (Lipinski definition) is 4. The zero-order chi connectivity index (χ0) is 14.2. The lowest BCUT2D eigenvalue weighted by atomic mass is 10.1. The van der Waals surface area contributed by atoms with Crippen molar-refractivity contribution in [3.63, 3.8) is 0 Å². The topological polar surface area (TPSA) is 42.4 Å². The lowest BCUT2D eigenvalue weighted by Crippen LogP contribution is -2.46. The molecule has 4 heteroatoms. The summed E-state index contributed by atoms with van der Waals surface area (Å²) in [6.45, 7) is 7.33. The highest BCUT2D eigenvalue weighted by Crippen LogP contribution is 2.35. The standard InChI is InChI=1S/C16H22N2OS/c1-16(2)11-18(7-8-20-16)13(10-17)15-9-12-5-3-4-6-14(12)19-15/h3-6,9,13H,7-8,10-11,17H2,1-2H3. The Morgan fingerprint density at radius 1 is 1.40 bits per heavy atom. The first kappa shape index (κ1) is 14.0. The number of nitrogens with zero attached hydrogens (tertiary/aromatic N) is 1. The maximum absolute atomic E-state index is 6.04. The Labute approximate surface area is 124 Å². The van der Waals surface area contributed by atoms with Crippen LogP contribution in [0.25, 0.3) is 11.0 Å². The average molecular weight is 290 g/mol. The lowest BCUT2D eigenvalue weighted by molar-refractivity contribution is 0.173. The van der Waals surface area contributed by atoms with Crippen molar-refractivity contribution < 1.29 is 4.42 Å². The zero-order valence-electron chi connectivity index (χ0n) is 12.1. The van der Waals surface area contributed by atoms with Crippen LogP contribution in [-0.4, -0.2) is 35.0 Å². The summed E-state index contributed by atoms with van der Waals surface area (Å²) in [5.74, 6) is 2.15. The van der Waals surface area contributed by atoms with Crippen LogP contribution in [0.5, 0.6) is 0 Å². The van der Waals surface area contributed by atoms with Gasteiger partial charge in [-0.2, -0.15) is 11.8 Å². The van der Waals surface area contributed by atoms with Crippen molar-refractivity contribution in [1.82, 2.24) is 4.90 Å². The van der Waals surface area contributed by atoms with Crippen molar-refractivity contribution in [2.24, 2.45) is 5.73 Å². The number of fused-ring (bicyclic) bond motifs is 1. The van der Waals surface area contributed by atoms with E-state index in [0.29, 0.717) is 6.54 Å². The van der Waals surface area contributed by atoms with Gasteiger partial charge in [0.2, 0.25) is 0 Å². The van der Waals surface area contributed by atoms with Gasteiger partial charge >= 0.3 is 0 Å². The van der Waals surface area contributed by atoms with Crippen LogP contribution < -0.4 is 5.73 Å². The second-order valence-electron chi connectivity index (χ2n) is 6.02. The smallest absolute Gasteiger partial charge is 0.134 e. The van der Waals surface area contributed by atoms with Crippen molar-refractivity contribution in [2.45, 2.75) is 24.6 Å². The minimum atomic E-state index is 0.183. The van der Waals surface area contributed by atoms with E-state index in [4.69, 9.17) is 10.2 Å². The molecule has 2 heterocycles. The minimum absolute atomic E-state index is 0.183. The Morgan fingerprint density at radius 2 is 2.20 bits per heavy atom. The Hall–Kier alpha value is -0.970. The third-order valence-corrected chi connectivity index (χ3v) is 5.19. The molecule has 1 aromatic heterocycles. The normalized spacial score (nSPS) is 21.1. The molecule has 108 valence electrons. The molecule has 0 radical (unpaired) electrons. The summed E-state index contributed by atoms with van der Waals surface area (Å²) in [5.41, 5.74) is 6.99. The fraction of sp³-hybridized carbons (Fsp3) is 0.500. The molecule has 1 aromatic carbocycles. The van der Waals surface area contributed by atoms with Gasteiger partial charge in [0, 0.05) is 35.5 Å². The Bertz CT molecular complexity index is 560.